The van der Waals surface area contributed by atoms with Gasteiger partial charge in [0, 0.05) is 0 Å². The highest BCUT2D eigenvalue weighted by atomic mass is 32.1. The smallest absolute Gasteiger partial charge is 0.330 e. The van der Waals surface area contributed by atoms with Crippen molar-refractivity contribution in [2.24, 2.45) is 0 Å². The van der Waals surface area contributed by atoms with E-state index in [9.17, 15) is 13.2 Å². The quantitative estimate of drug-likeness (QED) is 0.816. The van der Waals surface area contributed by atoms with Crippen molar-refractivity contribution < 1.29 is 13.2 Å². The minimum atomic E-state index is -4.40. The van der Waals surface area contributed by atoms with Gasteiger partial charge in [-0.3, -0.25) is 5.10 Å². The number of aromatic amines is 1. The molecule has 90 valence electrons. The topological polar surface area (TPSA) is 40.7 Å². The van der Waals surface area contributed by atoms with E-state index in [1.54, 1.807) is 0 Å². The molecule has 0 amide bonds. The summed E-state index contributed by atoms with van der Waals surface area (Å²) >= 11 is 5.87. The summed E-state index contributed by atoms with van der Waals surface area (Å²) in [5.74, 6) is 0. The molecule has 0 atom stereocenters. The van der Waals surface area contributed by atoms with E-state index in [4.69, 9.17) is 12.2 Å². The van der Waals surface area contributed by atoms with Gasteiger partial charge >= 0.3 is 6.18 Å². The molecule has 2 aromatic rings. The minimum Gasteiger partial charge on any atom is -0.330 e. The second kappa shape index (κ2) is 4.46. The molecular formula is C9H6F3N3S2. The van der Waals surface area contributed by atoms with E-state index in [1.807, 2.05) is 0 Å². The van der Waals surface area contributed by atoms with Crippen molar-refractivity contribution in [2.45, 2.75) is 6.18 Å². The molecule has 2 N–H and O–H groups in total. The van der Waals surface area contributed by atoms with Crippen LogP contribution >= 0.6 is 23.6 Å². The van der Waals surface area contributed by atoms with Gasteiger partial charge in [0.25, 0.3) is 0 Å². The van der Waals surface area contributed by atoms with Gasteiger partial charge < -0.3 is 5.32 Å². The van der Waals surface area contributed by atoms with Crippen LogP contribution in [0.4, 0.5) is 24.0 Å². The Morgan fingerprint density at radius 2 is 2.00 bits per heavy atom. The van der Waals surface area contributed by atoms with E-state index in [2.05, 4.69) is 15.5 Å². The zero-order valence-corrected chi connectivity index (χ0v) is 9.84. The van der Waals surface area contributed by atoms with Crippen molar-refractivity contribution in [1.82, 2.24) is 10.2 Å². The monoisotopic (exact) mass is 277 g/mol. The van der Waals surface area contributed by atoms with Crippen molar-refractivity contribution in [2.75, 3.05) is 5.32 Å². The van der Waals surface area contributed by atoms with Crippen molar-refractivity contribution in [1.29, 1.82) is 0 Å². The molecule has 0 aliphatic heterocycles. The van der Waals surface area contributed by atoms with Gasteiger partial charge in [0.15, 0.2) is 3.95 Å². The summed E-state index contributed by atoms with van der Waals surface area (Å²) in [7, 11) is 0. The molecule has 0 fully saturated rings. The molecule has 0 saturated carbocycles. The van der Waals surface area contributed by atoms with Gasteiger partial charge in [-0.05, 0) is 24.4 Å². The van der Waals surface area contributed by atoms with Crippen molar-refractivity contribution >= 4 is 34.4 Å². The van der Waals surface area contributed by atoms with Crippen LogP contribution in [0, 0.1) is 3.95 Å². The number of benzene rings is 1. The van der Waals surface area contributed by atoms with E-state index in [1.165, 1.54) is 18.2 Å². The van der Waals surface area contributed by atoms with Crippen LogP contribution < -0.4 is 5.32 Å². The summed E-state index contributed by atoms with van der Waals surface area (Å²) < 4.78 is 38.4. The fourth-order valence-electron chi connectivity index (χ4n) is 1.24. The third-order valence-electron chi connectivity index (χ3n) is 1.91. The number of rotatable bonds is 2. The number of anilines is 2. The molecule has 0 aliphatic carbocycles. The molecule has 0 radical (unpaired) electrons. The summed E-state index contributed by atoms with van der Waals surface area (Å²) in [6, 6.07) is 5.20. The minimum absolute atomic E-state index is 0.0437. The number of aromatic nitrogens is 2. The highest BCUT2D eigenvalue weighted by Crippen LogP contribution is 2.35. The fourth-order valence-corrected chi connectivity index (χ4v) is 2.04. The molecule has 0 bridgehead atoms. The van der Waals surface area contributed by atoms with E-state index >= 15 is 0 Å². The highest BCUT2D eigenvalue weighted by molar-refractivity contribution is 7.73. The number of nitrogens with one attached hydrogen (secondary N) is 2. The maximum absolute atomic E-state index is 12.7. The molecule has 0 unspecified atom stereocenters. The Bertz CT molecular complexity index is 573. The predicted molar refractivity (Wildman–Crippen MR) is 62.0 cm³/mol. The second-order valence-electron chi connectivity index (χ2n) is 3.09. The zero-order valence-electron chi connectivity index (χ0n) is 8.21. The standard InChI is InChI=1S/C9H6F3N3S2/c10-9(11,12)5-3-1-2-4-6(5)13-7-14-15-8(16)17-7/h1-4H,(H,13,14)(H,15,16). The van der Waals surface area contributed by atoms with Crippen LogP contribution in [0.3, 0.4) is 0 Å². The second-order valence-corrected chi connectivity index (χ2v) is 4.75. The van der Waals surface area contributed by atoms with Crippen LogP contribution in [0.2, 0.25) is 0 Å². The number of alkyl halides is 3. The van der Waals surface area contributed by atoms with Crippen LogP contribution in [0.1, 0.15) is 5.56 Å². The largest absolute Gasteiger partial charge is 0.418 e. The van der Waals surface area contributed by atoms with Crippen LogP contribution in [-0.2, 0) is 6.18 Å². The third-order valence-corrected chi connectivity index (χ3v) is 2.92. The number of H-pyrrole nitrogens is 1. The van der Waals surface area contributed by atoms with Crippen LogP contribution in [0.5, 0.6) is 0 Å². The number of hydrogen-bond acceptors (Lipinski definition) is 4. The molecule has 0 saturated heterocycles. The van der Waals surface area contributed by atoms with Gasteiger partial charge in [-0.2, -0.15) is 13.2 Å². The summed E-state index contributed by atoms with van der Waals surface area (Å²) in [5.41, 5.74) is -0.779. The van der Waals surface area contributed by atoms with E-state index in [0.717, 1.165) is 17.4 Å². The summed E-state index contributed by atoms with van der Waals surface area (Å²) in [5, 5.41) is 9.12. The normalized spacial score (nSPS) is 11.5. The first-order valence-corrected chi connectivity index (χ1v) is 5.68. The summed E-state index contributed by atoms with van der Waals surface area (Å²) in [6.45, 7) is 0. The summed E-state index contributed by atoms with van der Waals surface area (Å²) in [4.78, 5) is 0. The lowest BCUT2D eigenvalue weighted by Crippen LogP contribution is -2.08. The maximum Gasteiger partial charge on any atom is 0.418 e. The molecule has 0 aliphatic rings. The van der Waals surface area contributed by atoms with Gasteiger partial charge in [-0.15, -0.1) is 5.10 Å². The van der Waals surface area contributed by atoms with Crippen molar-refractivity contribution in [3.63, 3.8) is 0 Å². The van der Waals surface area contributed by atoms with Crippen LogP contribution in [0.15, 0.2) is 24.3 Å². The van der Waals surface area contributed by atoms with E-state index < -0.39 is 11.7 Å². The third kappa shape index (κ3) is 2.83. The number of para-hydroxylation sites is 1. The molecular weight excluding hydrogens is 271 g/mol. The van der Waals surface area contributed by atoms with Crippen molar-refractivity contribution in [3.8, 4) is 0 Å². The summed E-state index contributed by atoms with van der Waals surface area (Å²) in [6.07, 6.45) is -4.40. The molecule has 3 nitrogen and oxygen atoms in total. The van der Waals surface area contributed by atoms with Gasteiger partial charge in [-0.25, -0.2) is 0 Å². The SMILES string of the molecule is FC(F)(F)c1ccccc1Nc1n[nH]c(=S)s1. The average molecular weight is 277 g/mol. The first kappa shape index (κ1) is 12.1. The molecule has 0 spiro atoms. The predicted octanol–water partition coefficient (Wildman–Crippen LogP) is 3.96. The van der Waals surface area contributed by atoms with E-state index in [0.29, 0.717) is 9.09 Å². The Kier molecular flexibility index (Phi) is 3.16. The Morgan fingerprint density at radius 3 is 2.59 bits per heavy atom. The molecule has 1 aromatic heterocycles. The maximum atomic E-state index is 12.7. The Labute approximate surface area is 103 Å². The molecule has 1 heterocycles. The van der Waals surface area contributed by atoms with Gasteiger partial charge in [0.2, 0.25) is 5.13 Å². The van der Waals surface area contributed by atoms with Crippen LogP contribution in [0.25, 0.3) is 0 Å². The Hall–Kier alpha value is -1.41. The average Bonchev–Trinajstić information content (AvgIpc) is 2.63. The first-order valence-electron chi connectivity index (χ1n) is 4.45. The molecule has 17 heavy (non-hydrogen) atoms. The lowest BCUT2D eigenvalue weighted by Gasteiger charge is -2.12. The number of halogens is 3. The van der Waals surface area contributed by atoms with E-state index in [-0.39, 0.29) is 5.69 Å². The first-order chi connectivity index (χ1) is 7.97. The van der Waals surface area contributed by atoms with Crippen LogP contribution in [-0.4, -0.2) is 10.2 Å². The molecule has 1 aromatic carbocycles. The number of nitrogens with zero attached hydrogens (tertiary/aromatic N) is 1. The zero-order chi connectivity index (χ0) is 12.5. The van der Waals surface area contributed by atoms with Gasteiger partial charge in [-0.1, -0.05) is 23.5 Å². The lowest BCUT2D eigenvalue weighted by molar-refractivity contribution is -0.136. The molecule has 8 heteroatoms. The Morgan fingerprint density at radius 1 is 1.29 bits per heavy atom. The van der Waals surface area contributed by atoms with Gasteiger partial charge in [0.1, 0.15) is 0 Å². The fraction of sp³-hybridized carbons (Fsp3) is 0.111. The lowest BCUT2D eigenvalue weighted by atomic mass is 10.2. The Balaban J connectivity index is 2.36. The van der Waals surface area contributed by atoms with Gasteiger partial charge in [0.05, 0.1) is 11.3 Å². The number of hydrogen-bond donors (Lipinski definition) is 2. The highest BCUT2D eigenvalue weighted by Gasteiger charge is 2.33. The molecule has 2 rings (SSSR count). The van der Waals surface area contributed by atoms with Crippen molar-refractivity contribution in [3.05, 3.63) is 33.8 Å².